The first kappa shape index (κ1) is 17.6. The van der Waals surface area contributed by atoms with E-state index in [0.29, 0.717) is 17.9 Å². The normalized spacial score (nSPS) is 29.6. The summed E-state index contributed by atoms with van der Waals surface area (Å²) in [7, 11) is 0. The molecule has 2 aliphatic carbocycles. The Morgan fingerprint density at radius 1 is 1.15 bits per heavy atom. The van der Waals surface area contributed by atoms with Crippen molar-refractivity contribution in [3.63, 3.8) is 0 Å². The van der Waals surface area contributed by atoms with Crippen LogP contribution in [0.2, 0.25) is 0 Å². The van der Waals surface area contributed by atoms with Gasteiger partial charge in [0.25, 0.3) is 0 Å². The number of carbonyl (C=O) groups excluding carboxylic acids is 2. The predicted molar refractivity (Wildman–Crippen MR) is 101 cm³/mol. The van der Waals surface area contributed by atoms with Gasteiger partial charge in [0, 0.05) is 32.0 Å². The Kier molecular flexibility index (Phi) is 4.76. The van der Waals surface area contributed by atoms with Gasteiger partial charge in [0.05, 0.1) is 0 Å². The van der Waals surface area contributed by atoms with E-state index in [9.17, 15) is 9.59 Å². The summed E-state index contributed by atoms with van der Waals surface area (Å²) >= 11 is 0. The molecule has 1 heterocycles. The van der Waals surface area contributed by atoms with Crippen molar-refractivity contribution in [3.05, 3.63) is 35.9 Å². The zero-order valence-electron chi connectivity index (χ0n) is 15.7. The highest BCUT2D eigenvalue weighted by molar-refractivity contribution is 5.82. The third-order valence-electron chi connectivity index (χ3n) is 6.94. The summed E-state index contributed by atoms with van der Waals surface area (Å²) in [6, 6.07) is 10.8. The molecule has 2 amide bonds. The number of amides is 2. The smallest absolute Gasteiger partial charge is 0.225 e. The number of hydrogen-bond acceptors (Lipinski definition) is 2. The molecule has 1 aliphatic heterocycles. The van der Waals surface area contributed by atoms with Gasteiger partial charge in [-0.25, -0.2) is 0 Å². The molecule has 4 nitrogen and oxygen atoms in total. The molecule has 3 aliphatic rings. The summed E-state index contributed by atoms with van der Waals surface area (Å²) in [5, 5.41) is 3.17. The van der Waals surface area contributed by atoms with Crippen LogP contribution in [0.1, 0.15) is 51.0 Å². The third-order valence-corrected chi connectivity index (χ3v) is 6.94. The first-order valence-corrected chi connectivity index (χ1v) is 10.2. The van der Waals surface area contributed by atoms with Crippen molar-refractivity contribution < 1.29 is 9.59 Å². The molecule has 0 radical (unpaired) electrons. The number of nitrogens with one attached hydrogen (secondary N) is 1. The van der Waals surface area contributed by atoms with Gasteiger partial charge in [-0.15, -0.1) is 0 Å². The standard InChI is InChI=1S/C22H30N2O2/c1-16(25)23-20-8-5-9-22(20)10-12-24(13-11-22)21(26)19-15-18(19)14-17-6-3-2-4-7-17/h2-4,6-7,18-20H,5,8-15H2,1H3,(H,23,25). The quantitative estimate of drug-likeness (QED) is 0.903. The number of nitrogens with zero attached hydrogens (tertiary/aromatic N) is 1. The fourth-order valence-corrected chi connectivity index (χ4v) is 5.31. The molecular weight excluding hydrogens is 324 g/mol. The molecule has 2 saturated carbocycles. The molecule has 3 fully saturated rings. The zero-order valence-corrected chi connectivity index (χ0v) is 15.7. The van der Waals surface area contributed by atoms with Gasteiger partial charge in [0.2, 0.25) is 11.8 Å². The van der Waals surface area contributed by atoms with Crippen LogP contribution in [-0.4, -0.2) is 35.8 Å². The lowest BCUT2D eigenvalue weighted by molar-refractivity contribution is -0.136. The average molecular weight is 354 g/mol. The second-order valence-corrected chi connectivity index (χ2v) is 8.62. The highest BCUT2D eigenvalue weighted by atomic mass is 16.2. The molecule has 26 heavy (non-hydrogen) atoms. The number of hydrogen-bond donors (Lipinski definition) is 1. The lowest BCUT2D eigenvalue weighted by Gasteiger charge is -2.43. The fraction of sp³-hybridized carbons (Fsp3) is 0.636. The minimum Gasteiger partial charge on any atom is -0.353 e. The van der Waals surface area contributed by atoms with Gasteiger partial charge in [-0.2, -0.15) is 0 Å². The topological polar surface area (TPSA) is 49.4 Å². The van der Waals surface area contributed by atoms with Gasteiger partial charge in [0.1, 0.15) is 0 Å². The lowest BCUT2D eigenvalue weighted by atomic mass is 9.74. The maximum absolute atomic E-state index is 12.9. The van der Waals surface area contributed by atoms with Gasteiger partial charge >= 0.3 is 0 Å². The van der Waals surface area contributed by atoms with Gasteiger partial charge in [-0.3, -0.25) is 9.59 Å². The maximum Gasteiger partial charge on any atom is 0.225 e. The molecule has 0 aromatic heterocycles. The van der Waals surface area contributed by atoms with Crippen molar-refractivity contribution in [3.8, 4) is 0 Å². The molecular formula is C22H30N2O2. The molecule has 1 N–H and O–H groups in total. The van der Waals surface area contributed by atoms with Gasteiger partial charge in [0.15, 0.2) is 0 Å². The number of carbonyl (C=O) groups is 2. The number of rotatable bonds is 4. The van der Waals surface area contributed by atoms with E-state index >= 15 is 0 Å². The average Bonchev–Trinajstić information content (AvgIpc) is 3.31. The maximum atomic E-state index is 12.9. The van der Waals surface area contributed by atoms with Crippen LogP contribution in [0, 0.1) is 17.3 Å². The molecule has 1 aromatic rings. The zero-order chi connectivity index (χ0) is 18.1. The van der Waals surface area contributed by atoms with E-state index in [2.05, 4.69) is 34.5 Å². The van der Waals surface area contributed by atoms with Gasteiger partial charge < -0.3 is 10.2 Å². The molecule has 0 bridgehead atoms. The van der Waals surface area contributed by atoms with E-state index in [0.717, 1.165) is 45.2 Å². The number of benzene rings is 1. The fourth-order valence-electron chi connectivity index (χ4n) is 5.31. The Labute approximate surface area is 156 Å². The summed E-state index contributed by atoms with van der Waals surface area (Å²) in [5.74, 6) is 1.21. The van der Waals surface area contributed by atoms with Crippen molar-refractivity contribution in [2.75, 3.05) is 13.1 Å². The van der Waals surface area contributed by atoms with Crippen molar-refractivity contribution in [2.45, 2.75) is 57.9 Å². The van der Waals surface area contributed by atoms with Crippen LogP contribution in [0.4, 0.5) is 0 Å². The second-order valence-electron chi connectivity index (χ2n) is 8.62. The van der Waals surface area contributed by atoms with Crippen molar-refractivity contribution in [2.24, 2.45) is 17.3 Å². The lowest BCUT2D eigenvalue weighted by Crippen LogP contribution is -2.51. The molecule has 140 valence electrons. The van der Waals surface area contributed by atoms with Crippen molar-refractivity contribution in [1.82, 2.24) is 10.2 Å². The van der Waals surface area contributed by atoms with E-state index in [4.69, 9.17) is 0 Å². The van der Waals surface area contributed by atoms with Crippen LogP contribution in [0.25, 0.3) is 0 Å². The van der Waals surface area contributed by atoms with Crippen LogP contribution >= 0.6 is 0 Å². The van der Waals surface area contributed by atoms with Crippen LogP contribution in [0.3, 0.4) is 0 Å². The summed E-state index contributed by atoms with van der Waals surface area (Å²) in [6.45, 7) is 3.34. The van der Waals surface area contributed by atoms with E-state index in [1.807, 2.05) is 6.07 Å². The minimum absolute atomic E-state index is 0.0801. The van der Waals surface area contributed by atoms with E-state index in [1.54, 1.807) is 6.92 Å². The Balaban J connectivity index is 1.30. The summed E-state index contributed by atoms with van der Waals surface area (Å²) in [5.41, 5.74) is 1.57. The summed E-state index contributed by atoms with van der Waals surface area (Å²) < 4.78 is 0. The van der Waals surface area contributed by atoms with Gasteiger partial charge in [-0.05, 0) is 55.4 Å². The van der Waals surface area contributed by atoms with Crippen LogP contribution in [0.5, 0.6) is 0 Å². The largest absolute Gasteiger partial charge is 0.353 e. The summed E-state index contributed by atoms with van der Waals surface area (Å²) in [4.78, 5) is 26.5. The first-order chi connectivity index (χ1) is 12.6. The van der Waals surface area contributed by atoms with Crippen LogP contribution in [0.15, 0.2) is 30.3 Å². The first-order valence-electron chi connectivity index (χ1n) is 10.2. The Hall–Kier alpha value is -1.84. The van der Waals surface area contributed by atoms with Crippen molar-refractivity contribution >= 4 is 11.8 Å². The highest BCUT2D eigenvalue weighted by Crippen LogP contribution is 2.48. The number of likely N-dealkylation sites (tertiary alicyclic amines) is 1. The molecule has 3 atom stereocenters. The Bertz CT molecular complexity index is 664. The van der Waals surface area contributed by atoms with Crippen LogP contribution < -0.4 is 5.32 Å². The molecule has 3 unspecified atom stereocenters. The number of piperidine rings is 1. The molecule has 1 spiro atoms. The molecule has 4 rings (SSSR count). The monoisotopic (exact) mass is 354 g/mol. The Morgan fingerprint density at radius 3 is 2.58 bits per heavy atom. The molecule has 4 heteroatoms. The van der Waals surface area contributed by atoms with Crippen molar-refractivity contribution in [1.29, 1.82) is 0 Å². The van der Waals surface area contributed by atoms with Crippen LogP contribution in [-0.2, 0) is 16.0 Å². The minimum atomic E-state index is 0.0801. The third kappa shape index (κ3) is 3.51. The van der Waals surface area contributed by atoms with E-state index < -0.39 is 0 Å². The Morgan fingerprint density at radius 2 is 1.88 bits per heavy atom. The highest BCUT2D eigenvalue weighted by Gasteiger charge is 2.49. The van der Waals surface area contributed by atoms with E-state index in [-0.39, 0.29) is 17.2 Å². The predicted octanol–water partition coefficient (Wildman–Crippen LogP) is 3.16. The molecule has 1 saturated heterocycles. The van der Waals surface area contributed by atoms with Gasteiger partial charge in [-0.1, -0.05) is 36.8 Å². The summed E-state index contributed by atoms with van der Waals surface area (Å²) in [6.07, 6.45) is 7.64. The second kappa shape index (κ2) is 7.05. The molecule has 1 aromatic carbocycles. The van der Waals surface area contributed by atoms with E-state index in [1.165, 1.54) is 18.4 Å². The SMILES string of the molecule is CC(=O)NC1CCCC12CCN(C(=O)C1CC1Cc1ccccc1)CC2.